The molecule has 0 saturated heterocycles. The number of anilines is 1. The van der Waals surface area contributed by atoms with Crippen molar-refractivity contribution in [2.24, 2.45) is 5.73 Å². The summed E-state index contributed by atoms with van der Waals surface area (Å²) in [6.45, 7) is 2.42. The van der Waals surface area contributed by atoms with Gasteiger partial charge in [0.05, 0.1) is 6.54 Å². The van der Waals surface area contributed by atoms with Crippen LogP contribution in [0.3, 0.4) is 0 Å². The molecule has 0 unspecified atom stereocenters. The summed E-state index contributed by atoms with van der Waals surface area (Å²) in [6.07, 6.45) is 0.534. The quantitative estimate of drug-likeness (QED) is 0.343. The van der Waals surface area contributed by atoms with Gasteiger partial charge in [0.1, 0.15) is 6.54 Å². The Bertz CT molecular complexity index is 1600. The van der Waals surface area contributed by atoms with Gasteiger partial charge in [0.15, 0.2) is 0 Å². The van der Waals surface area contributed by atoms with Crippen LogP contribution in [0.2, 0.25) is 5.02 Å². The molecule has 2 aliphatic rings. The molecule has 3 aromatic rings. The molecule has 46 heavy (non-hydrogen) atoms. The minimum atomic E-state index is -5.08. The Labute approximate surface area is 268 Å². The molecule has 2 heterocycles. The van der Waals surface area contributed by atoms with Crippen LogP contribution in [-0.4, -0.2) is 71.0 Å². The highest BCUT2D eigenvalue weighted by atomic mass is 35.5. The first kappa shape index (κ1) is 34.2. The van der Waals surface area contributed by atoms with Crippen molar-refractivity contribution in [1.82, 2.24) is 9.80 Å². The van der Waals surface area contributed by atoms with Crippen molar-refractivity contribution in [3.8, 4) is 0 Å². The zero-order valence-corrected chi connectivity index (χ0v) is 25.4. The topological polar surface area (TPSA) is 124 Å². The SMILES string of the molecule is NCCCc1ccc2c(c1)N(Cc1ccc(C(=O)N3CC=CC3)cc1)C(=O)CN(C(=O)c1ccc(Cl)cc1)C2.O=C(O)C(F)(F)F. The van der Waals surface area contributed by atoms with Gasteiger partial charge < -0.3 is 25.5 Å². The van der Waals surface area contributed by atoms with Gasteiger partial charge in [0.2, 0.25) is 5.91 Å². The summed E-state index contributed by atoms with van der Waals surface area (Å²) >= 11 is 6.01. The molecule has 0 aromatic heterocycles. The Kier molecular flexibility index (Phi) is 11.2. The summed E-state index contributed by atoms with van der Waals surface area (Å²) in [4.78, 5) is 53.8. The lowest BCUT2D eigenvalue weighted by Gasteiger charge is -2.24. The van der Waals surface area contributed by atoms with Crippen molar-refractivity contribution < 1.29 is 37.5 Å². The van der Waals surface area contributed by atoms with Gasteiger partial charge in [-0.3, -0.25) is 14.4 Å². The van der Waals surface area contributed by atoms with Crippen LogP contribution in [0.4, 0.5) is 18.9 Å². The van der Waals surface area contributed by atoms with E-state index in [0.717, 1.165) is 35.2 Å². The van der Waals surface area contributed by atoms with Crippen molar-refractivity contribution >= 4 is 41.0 Å². The third-order valence-corrected chi connectivity index (χ3v) is 7.62. The molecule has 5 rings (SSSR count). The van der Waals surface area contributed by atoms with Crippen LogP contribution in [-0.2, 0) is 29.1 Å². The van der Waals surface area contributed by atoms with Crippen LogP contribution in [0, 0.1) is 0 Å². The van der Waals surface area contributed by atoms with Crippen molar-refractivity contribution in [3.05, 3.63) is 112 Å². The van der Waals surface area contributed by atoms with Gasteiger partial charge in [0.25, 0.3) is 11.8 Å². The van der Waals surface area contributed by atoms with Crippen LogP contribution in [0.15, 0.2) is 78.9 Å². The summed E-state index contributed by atoms with van der Waals surface area (Å²) in [7, 11) is 0. The first-order chi connectivity index (χ1) is 21.9. The largest absolute Gasteiger partial charge is 0.490 e. The van der Waals surface area contributed by atoms with Crippen LogP contribution in [0.25, 0.3) is 0 Å². The molecule has 0 fully saturated rings. The molecule has 242 valence electrons. The second-order valence-electron chi connectivity index (χ2n) is 10.7. The fraction of sp³-hybridized carbons (Fsp3) is 0.273. The van der Waals surface area contributed by atoms with Crippen LogP contribution < -0.4 is 10.6 Å². The number of rotatable bonds is 7. The van der Waals surface area contributed by atoms with Gasteiger partial charge in [0, 0.05) is 41.5 Å². The van der Waals surface area contributed by atoms with Crippen molar-refractivity contribution in [2.75, 3.05) is 31.1 Å². The smallest absolute Gasteiger partial charge is 0.475 e. The first-order valence-corrected chi connectivity index (χ1v) is 14.8. The Morgan fingerprint density at radius 1 is 0.826 bits per heavy atom. The number of benzene rings is 3. The van der Waals surface area contributed by atoms with E-state index in [1.54, 1.807) is 39.0 Å². The molecule has 3 amide bonds. The first-order valence-electron chi connectivity index (χ1n) is 14.4. The van der Waals surface area contributed by atoms with Gasteiger partial charge in [-0.15, -0.1) is 0 Å². The minimum absolute atomic E-state index is 0.0105. The minimum Gasteiger partial charge on any atom is -0.475 e. The fourth-order valence-electron chi connectivity index (χ4n) is 4.95. The van der Waals surface area contributed by atoms with Crippen molar-refractivity contribution in [3.63, 3.8) is 0 Å². The highest BCUT2D eigenvalue weighted by Gasteiger charge is 2.38. The summed E-state index contributed by atoms with van der Waals surface area (Å²) < 4.78 is 31.7. The molecular formula is C33H32ClF3N4O5. The number of nitrogens with zero attached hydrogens (tertiary/aromatic N) is 3. The van der Waals surface area contributed by atoms with E-state index in [-0.39, 0.29) is 24.3 Å². The summed E-state index contributed by atoms with van der Waals surface area (Å²) in [5.74, 6) is -3.16. The van der Waals surface area contributed by atoms with Gasteiger partial charge in [-0.1, -0.05) is 48.0 Å². The molecule has 0 bridgehead atoms. The average Bonchev–Trinajstić information content (AvgIpc) is 3.54. The predicted octanol–water partition coefficient (Wildman–Crippen LogP) is 5.07. The molecule has 0 radical (unpaired) electrons. The second-order valence-corrected chi connectivity index (χ2v) is 11.1. The van der Waals surface area contributed by atoms with Gasteiger partial charge in [-0.25, -0.2) is 4.79 Å². The summed E-state index contributed by atoms with van der Waals surface area (Å²) in [6, 6.07) is 20.2. The molecule has 13 heteroatoms. The molecule has 0 spiro atoms. The van der Waals surface area contributed by atoms with E-state index in [2.05, 4.69) is 0 Å². The Morgan fingerprint density at radius 3 is 1.93 bits per heavy atom. The van der Waals surface area contributed by atoms with E-state index in [1.165, 1.54) is 0 Å². The number of carboxylic acid groups (broad SMARTS) is 1. The van der Waals surface area contributed by atoms with Gasteiger partial charge in [-0.05, 0) is 78.5 Å². The average molecular weight is 657 g/mol. The highest BCUT2D eigenvalue weighted by Crippen LogP contribution is 2.30. The number of aliphatic carboxylic acids is 1. The van der Waals surface area contributed by atoms with E-state index >= 15 is 0 Å². The molecule has 0 saturated carbocycles. The number of carboxylic acids is 1. The van der Waals surface area contributed by atoms with Gasteiger partial charge >= 0.3 is 12.1 Å². The molecule has 0 aliphatic carbocycles. The van der Waals surface area contributed by atoms with E-state index in [0.29, 0.717) is 48.9 Å². The standard InChI is InChI=1S/C31H31ClN4O3.C2HF3O2/c32-27-13-11-25(12-14-27)31(39)35-20-26-10-5-22(4-3-15-33)18-28(26)36(29(37)21-35)19-23-6-8-24(9-7-23)30(38)34-16-1-2-17-34;3-2(4,5)1(6)7/h1-2,5-14,18H,3-4,15-17,19-21,33H2;(H,6,7). The molecule has 0 atom stereocenters. The number of amides is 3. The number of nitrogens with two attached hydrogens (primary N) is 1. The third-order valence-electron chi connectivity index (χ3n) is 7.37. The highest BCUT2D eigenvalue weighted by molar-refractivity contribution is 6.30. The zero-order valence-electron chi connectivity index (χ0n) is 24.7. The molecule has 2 aliphatic heterocycles. The molecule has 9 nitrogen and oxygen atoms in total. The van der Waals surface area contributed by atoms with Crippen LogP contribution in [0.1, 0.15) is 43.8 Å². The van der Waals surface area contributed by atoms with E-state index < -0.39 is 12.1 Å². The Morgan fingerprint density at radius 2 is 1.37 bits per heavy atom. The second kappa shape index (κ2) is 15.1. The van der Waals surface area contributed by atoms with Crippen LogP contribution in [0.5, 0.6) is 0 Å². The molecule has 3 N–H and O–H groups in total. The van der Waals surface area contributed by atoms with Crippen LogP contribution >= 0.6 is 11.6 Å². The molecular weight excluding hydrogens is 625 g/mol. The zero-order chi connectivity index (χ0) is 33.4. The normalized spacial score (nSPS) is 14.4. The fourth-order valence-corrected chi connectivity index (χ4v) is 5.08. The summed E-state index contributed by atoms with van der Waals surface area (Å²) in [5.41, 5.74) is 10.5. The Balaban J connectivity index is 0.000000617. The predicted molar refractivity (Wildman–Crippen MR) is 166 cm³/mol. The van der Waals surface area contributed by atoms with E-state index in [4.69, 9.17) is 27.2 Å². The number of hydrogen-bond acceptors (Lipinski definition) is 5. The number of alkyl halides is 3. The number of hydrogen-bond donors (Lipinski definition) is 2. The lowest BCUT2D eigenvalue weighted by molar-refractivity contribution is -0.192. The number of carbonyl (C=O) groups is 4. The van der Waals surface area contributed by atoms with Crippen molar-refractivity contribution in [1.29, 1.82) is 0 Å². The van der Waals surface area contributed by atoms with Gasteiger partial charge in [-0.2, -0.15) is 13.2 Å². The monoisotopic (exact) mass is 656 g/mol. The number of fused-ring (bicyclic) bond motifs is 1. The maximum Gasteiger partial charge on any atom is 0.490 e. The molecule has 3 aromatic carbocycles. The van der Waals surface area contributed by atoms with Crippen molar-refractivity contribution in [2.45, 2.75) is 32.1 Å². The third kappa shape index (κ3) is 8.73. The lowest BCUT2D eigenvalue weighted by atomic mass is 10.0. The number of halogens is 4. The van der Waals surface area contributed by atoms with E-state index in [1.807, 2.05) is 54.6 Å². The maximum atomic E-state index is 13.7. The Hall–Kier alpha value is -4.68. The van der Waals surface area contributed by atoms with E-state index in [9.17, 15) is 27.6 Å². The summed E-state index contributed by atoms with van der Waals surface area (Å²) in [5, 5.41) is 7.67. The lowest BCUT2D eigenvalue weighted by Crippen LogP contribution is -2.39. The maximum absolute atomic E-state index is 13.7. The number of aryl methyl sites for hydroxylation is 1. The number of carbonyl (C=O) groups excluding carboxylic acids is 3.